The predicted molar refractivity (Wildman–Crippen MR) is 104 cm³/mol. The molecule has 0 saturated carbocycles. The average molecular weight is 416 g/mol. The molecule has 0 radical (unpaired) electrons. The van der Waals surface area contributed by atoms with Gasteiger partial charge in [0.05, 0.1) is 11.6 Å². The minimum Gasteiger partial charge on any atom is -0.418 e. The fraction of sp³-hybridized carbons (Fsp3) is 0.150. The Morgan fingerprint density at radius 3 is 2.66 bits per heavy atom. The summed E-state index contributed by atoms with van der Waals surface area (Å²) in [5, 5.41) is 28.7. The quantitative estimate of drug-likeness (QED) is 0.553. The van der Waals surface area contributed by atoms with Gasteiger partial charge < -0.3 is 19.9 Å². The molecule has 0 spiro atoms. The molecule has 3 rings (SSSR count). The zero-order valence-corrected chi connectivity index (χ0v) is 15.7. The lowest BCUT2D eigenvalue weighted by Crippen LogP contribution is -2.08. The molecule has 29 heavy (non-hydrogen) atoms. The Labute approximate surface area is 170 Å². The van der Waals surface area contributed by atoms with Gasteiger partial charge >= 0.3 is 5.91 Å². The van der Waals surface area contributed by atoms with Crippen molar-refractivity contribution in [3.8, 4) is 23.3 Å². The molecule has 1 heterocycles. The zero-order chi connectivity index (χ0) is 20.8. The molecule has 3 aromatic rings. The van der Waals surface area contributed by atoms with Crippen LogP contribution in [-0.4, -0.2) is 32.9 Å². The van der Waals surface area contributed by atoms with Gasteiger partial charge in [0.25, 0.3) is 0 Å². The number of aliphatic hydroxyl groups excluding tert-OH is 2. The Bertz CT molecular complexity index is 1070. The Morgan fingerprint density at radius 1 is 1.24 bits per heavy atom. The molecule has 0 saturated heterocycles. The van der Waals surface area contributed by atoms with Gasteiger partial charge in [-0.3, -0.25) is 4.79 Å². The number of aliphatic hydroxyl groups is 2. The first-order chi connectivity index (χ1) is 14.0. The molecule has 148 valence electrons. The van der Waals surface area contributed by atoms with Crippen molar-refractivity contribution in [2.45, 2.75) is 12.8 Å². The van der Waals surface area contributed by atoms with Crippen LogP contribution in [0.1, 0.15) is 23.1 Å². The van der Waals surface area contributed by atoms with E-state index >= 15 is 0 Å². The Hall–Kier alpha value is -3.25. The van der Waals surface area contributed by atoms with Crippen LogP contribution in [0.5, 0.6) is 0 Å². The van der Waals surface area contributed by atoms with Crippen molar-refractivity contribution in [1.82, 2.24) is 10.2 Å². The van der Waals surface area contributed by atoms with E-state index in [1.165, 1.54) is 6.07 Å². The van der Waals surface area contributed by atoms with E-state index in [0.29, 0.717) is 22.4 Å². The number of amides is 1. The third-order valence-corrected chi connectivity index (χ3v) is 4.10. The second kappa shape index (κ2) is 9.30. The van der Waals surface area contributed by atoms with Crippen molar-refractivity contribution in [1.29, 1.82) is 0 Å². The van der Waals surface area contributed by atoms with Crippen molar-refractivity contribution in [3.05, 3.63) is 64.5 Å². The minimum absolute atomic E-state index is 0.112. The summed E-state index contributed by atoms with van der Waals surface area (Å²) in [6.07, 6.45) is -1.26. The Balaban J connectivity index is 1.70. The Kier molecular flexibility index (Phi) is 6.57. The number of halogens is 2. The fourth-order valence-electron chi connectivity index (χ4n) is 2.28. The monoisotopic (exact) mass is 415 g/mol. The van der Waals surface area contributed by atoms with E-state index < -0.39 is 25.3 Å². The van der Waals surface area contributed by atoms with Crippen molar-refractivity contribution >= 4 is 23.2 Å². The van der Waals surface area contributed by atoms with E-state index in [1.807, 2.05) is 0 Å². The van der Waals surface area contributed by atoms with Gasteiger partial charge in [0.1, 0.15) is 6.67 Å². The molecule has 7 nitrogen and oxygen atoms in total. The lowest BCUT2D eigenvalue weighted by molar-refractivity contribution is -0.111. The number of carbonyl (C=O) groups is 1. The summed E-state index contributed by atoms with van der Waals surface area (Å²) in [5.74, 6) is 4.56. The van der Waals surface area contributed by atoms with Crippen LogP contribution in [0.25, 0.3) is 11.5 Å². The maximum atomic E-state index is 12.5. The van der Waals surface area contributed by atoms with Crippen LogP contribution in [-0.2, 0) is 11.5 Å². The summed E-state index contributed by atoms with van der Waals surface area (Å²) in [7, 11) is 0. The van der Waals surface area contributed by atoms with Crippen molar-refractivity contribution in [3.63, 3.8) is 0 Å². The number of rotatable bonds is 5. The molecule has 3 N–H and O–H groups in total. The summed E-state index contributed by atoms with van der Waals surface area (Å²) in [6.45, 7) is -1.12. The lowest BCUT2D eigenvalue weighted by atomic mass is 10.1. The van der Waals surface area contributed by atoms with E-state index in [0.717, 1.165) is 0 Å². The van der Waals surface area contributed by atoms with Crippen LogP contribution in [0.15, 0.2) is 46.9 Å². The Morgan fingerprint density at radius 2 is 2.00 bits per heavy atom. The van der Waals surface area contributed by atoms with Gasteiger partial charge in [0, 0.05) is 22.7 Å². The molecular formula is C20H15ClFN3O4. The second-order valence-corrected chi connectivity index (χ2v) is 6.28. The summed E-state index contributed by atoms with van der Waals surface area (Å²) in [4.78, 5) is 12.0. The molecule has 2 aromatic carbocycles. The maximum Gasteiger partial charge on any atom is 0.300 e. The highest BCUT2D eigenvalue weighted by atomic mass is 35.5. The first-order valence-electron chi connectivity index (χ1n) is 8.40. The van der Waals surface area contributed by atoms with E-state index in [2.05, 4.69) is 27.4 Å². The molecule has 0 bridgehead atoms. The van der Waals surface area contributed by atoms with Crippen LogP contribution in [0.3, 0.4) is 0 Å². The number of hydrogen-bond acceptors (Lipinski definition) is 6. The number of anilines is 1. The standard InChI is InChI=1S/C20H15ClFN3O4/c21-16-9-14(19-24-25-20(29-19)17(27)11-26)4-3-13(16)5-8-18(28)23-15-6-1-12(10-22)2-7-15/h1-4,6-7,9,17,26-27H,10-11H2,(H,23,28)/t17-/m0/s1. The SMILES string of the molecule is O=C(C#Cc1ccc(-c2nnc([C@@H](O)CO)o2)cc1Cl)Nc1ccc(CF)cc1. The summed E-state index contributed by atoms with van der Waals surface area (Å²) < 4.78 is 17.8. The van der Waals surface area contributed by atoms with E-state index in [1.54, 1.807) is 36.4 Å². The van der Waals surface area contributed by atoms with Gasteiger partial charge in [-0.1, -0.05) is 29.7 Å². The molecule has 1 amide bonds. The van der Waals surface area contributed by atoms with E-state index in [9.17, 15) is 14.3 Å². The first kappa shape index (κ1) is 20.5. The molecule has 0 aliphatic carbocycles. The molecule has 1 aromatic heterocycles. The zero-order valence-electron chi connectivity index (χ0n) is 14.9. The highest BCUT2D eigenvalue weighted by molar-refractivity contribution is 6.32. The molecule has 0 aliphatic rings. The number of hydrogen-bond donors (Lipinski definition) is 3. The minimum atomic E-state index is -1.26. The van der Waals surface area contributed by atoms with Gasteiger partial charge in [-0.25, -0.2) is 4.39 Å². The lowest BCUT2D eigenvalue weighted by Gasteiger charge is -2.02. The number of nitrogens with zero attached hydrogens (tertiary/aromatic N) is 2. The van der Waals surface area contributed by atoms with Gasteiger partial charge in [0.15, 0.2) is 6.10 Å². The average Bonchev–Trinajstić information content (AvgIpc) is 3.23. The smallest absolute Gasteiger partial charge is 0.300 e. The maximum absolute atomic E-state index is 12.5. The second-order valence-electron chi connectivity index (χ2n) is 5.87. The molecule has 9 heteroatoms. The third-order valence-electron chi connectivity index (χ3n) is 3.79. The van der Waals surface area contributed by atoms with Gasteiger partial charge in [0.2, 0.25) is 11.8 Å². The molecule has 0 fully saturated rings. The molecule has 0 unspecified atom stereocenters. The number of carbonyl (C=O) groups excluding carboxylic acids is 1. The molecule has 0 aliphatic heterocycles. The van der Waals surface area contributed by atoms with Gasteiger partial charge in [-0.15, -0.1) is 10.2 Å². The van der Waals surface area contributed by atoms with Crippen LogP contribution in [0.2, 0.25) is 5.02 Å². The predicted octanol–water partition coefficient (Wildman–Crippen LogP) is 2.88. The van der Waals surface area contributed by atoms with Crippen LogP contribution in [0.4, 0.5) is 10.1 Å². The van der Waals surface area contributed by atoms with Gasteiger partial charge in [-0.05, 0) is 35.9 Å². The highest BCUT2D eigenvalue weighted by Crippen LogP contribution is 2.25. The van der Waals surface area contributed by atoms with Crippen molar-refractivity contribution < 1.29 is 23.8 Å². The first-order valence-corrected chi connectivity index (χ1v) is 8.78. The van der Waals surface area contributed by atoms with Crippen molar-refractivity contribution in [2.24, 2.45) is 0 Å². The fourth-order valence-corrected chi connectivity index (χ4v) is 2.50. The summed E-state index contributed by atoms with van der Waals surface area (Å²) >= 11 is 6.20. The van der Waals surface area contributed by atoms with Crippen molar-refractivity contribution in [2.75, 3.05) is 11.9 Å². The summed E-state index contributed by atoms with van der Waals surface area (Å²) in [5.41, 5.74) is 1.91. The van der Waals surface area contributed by atoms with E-state index in [-0.39, 0.29) is 16.8 Å². The largest absolute Gasteiger partial charge is 0.418 e. The molecular weight excluding hydrogens is 401 g/mol. The normalized spacial score (nSPS) is 11.4. The molecule has 1 atom stereocenters. The number of aromatic nitrogens is 2. The number of benzene rings is 2. The van der Waals surface area contributed by atoms with Crippen LogP contribution >= 0.6 is 11.6 Å². The van der Waals surface area contributed by atoms with E-state index in [4.69, 9.17) is 21.1 Å². The topological polar surface area (TPSA) is 108 Å². The highest BCUT2D eigenvalue weighted by Gasteiger charge is 2.16. The summed E-state index contributed by atoms with van der Waals surface area (Å²) in [6, 6.07) is 11.0. The van der Waals surface area contributed by atoms with Crippen LogP contribution in [0, 0.1) is 11.8 Å². The van der Waals surface area contributed by atoms with Crippen LogP contribution < -0.4 is 5.32 Å². The number of alkyl halides is 1. The van der Waals surface area contributed by atoms with Gasteiger partial charge in [-0.2, -0.15) is 0 Å². The number of nitrogens with one attached hydrogen (secondary N) is 1. The third kappa shape index (κ3) is 5.18.